The van der Waals surface area contributed by atoms with Crippen LogP contribution in [-0.4, -0.2) is 20.3 Å². The minimum absolute atomic E-state index is 0.554. The summed E-state index contributed by atoms with van der Waals surface area (Å²) in [6.07, 6.45) is 0. The molecule has 0 amide bonds. The predicted molar refractivity (Wildman–Crippen MR) is 95.4 cm³/mol. The molecule has 0 atom stereocenters. The zero-order valence-corrected chi connectivity index (χ0v) is 14.2. The lowest BCUT2D eigenvalue weighted by atomic mass is 9.99. The van der Waals surface area contributed by atoms with Gasteiger partial charge in [0.1, 0.15) is 17.2 Å². The quantitative estimate of drug-likeness (QED) is 0.582. The van der Waals surface area contributed by atoms with E-state index in [-0.39, 0.29) is 0 Å². The Kier molecular flexibility index (Phi) is 4.49. The van der Waals surface area contributed by atoms with Gasteiger partial charge < -0.3 is 14.2 Å². The molecular weight excluding hydrogens is 312 g/mol. The average Bonchev–Trinajstić information content (AvgIpc) is 2.57. The largest absolute Gasteiger partial charge is 0.494 e. The zero-order chi connectivity index (χ0) is 16.4. The van der Waals surface area contributed by atoms with Crippen molar-refractivity contribution in [3.63, 3.8) is 0 Å². The molecule has 0 aliphatic carbocycles. The third kappa shape index (κ3) is 2.55. The maximum Gasteiger partial charge on any atom is 0.149 e. The minimum atomic E-state index is 0.554. The van der Waals surface area contributed by atoms with E-state index < -0.39 is 0 Å². The average molecular weight is 331 g/mol. The van der Waals surface area contributed by atoms with Crippen molar-refractivity contribution in [2.75, 3.05) is 20.3 Å². The summed E-state index contributed by atoms with van der Waals surface area (Å²) in [4.78, 5) is 0. The molecule has 3 aromatic rings. The summed E-state index contributed by atoms with van der Waals surface area (Å²) in [5.74, 6) is 2.22. The van der Waals surface area contributed by atoms with Crippen molar-refractivity contribution in [3.05, 3.63) is 41.4 Å². The van der Waals surface area contributed by atoms with Gasteiger partial charge in [-0.15, -0.1) is 0 Å². The van der Waals surface area contributed by atoms with Crippen LogP contribution >= 0.6 is 11.6 Å². The molecule has 0 spiro atoms. The predicted octanol–water partition coefficient (Wildman–Crippen LogP) is 5.45. The number of benzene rings is 3. The molecule has 0 radical (unpaired) electrons. The van der Waals surface area contributed by atoms with E-state index in [1.165, 1.54) is 0 Å². The normalized spacial score (nSPS) is 11.0. The molecule has 3 nitrogen and oxygen atoms in total. The van der Waals surface area contributed by atoms with E-state index in [0.29, 0.717) is 24.0 Å². The van der Waals surface area contributed by atoms with E-state index in [9.17, 15) is 0 Å². The van der Waals surface area contributed by atoms with Crippen molar-refractivity contribution in [3.8, 4) is 17.2 Å². The van der Waals surface area contributed by atoms with Crippen LogP contribution in [0.2, 0.25) is 5.02 Å². The Morgan fingerprint density at radius 1 is 0.783 bits per heavy atom. The van der Waals surface area contributed by atoms with Crippen molar-refractivity contribution in [1.82, 2.24) is 0 Å². The van der Waals surface area contributed by atoms with E-state index in [4.69, 9.17) is 25.8 Å². The van der Waals surface area contributed by atoms with Crippen molar-refractivity contribution < 1.29 is 14.2 Å². The highest BCUT2D eigenvalue weighted by molar-refractivity contribution is 6.34. The first-order valence-corrected chi connectivity index (χ1v) is 8.07. The fourth-order valence-electron chi connectivity index (χ4n) is 2.92. The number of hydrogen-bond acceptors (Lipinski definition) is 3. The summed E-state index contributed by atoms with van der Waals surface area (Å²) in [5, 5.41) is 4.36. The van der Waals surface area contributed by atoms with Gasteiger partial charge in [0.15, 0.2) is 0 Å². The summed E-state index contributed by atoms with van der Waals surface area (Å²) >= 11 is 6.33. The van der Waals surface area contributed by atoms with Gasteiger partial charge in [-0.3, -0.25) is 0 Å². The maximum absolute atomic E-state index is 6.33. The number of methoxy groups -OCH3 is 1. The van der Waals surface area contributed by atoms with Gasteiger partial charge in [-0.05, 0) is 26.0 Å². The fourth-order valence-corrected chi connectivity index (χ4v) is 3.16. The lowest BCUT2D eigenvalue weighted by molar-refractivity contribution is 0.341. The van der Waals surface area contributed by atoms with Crippen LogP contribution in [0.3, 0.4) is 0 Å². The Morgan fingerprint density at radius 2 is 1.39 bits per heavy atom. The second kappa shape index (κ2) is 6.55. The van der Waals surface area contributed by atoms with Crippen LogP contribution in [0.25, 0.3) is 21.5 Å². The minimum Gasteiger partial charge on any atom is -0.494 e. The monoisotopic (exact) mass is 330 g/mol. The van der Waals surface area contributed by atoms with Gasteiger partial charge in [-0.25, -0.2) is 0 Å². The Balaban J connectivity index is 2.56. The van der Waals surface area contributed by atoms with E-state index in [1.807, 2.05) is 50.2 Å². The Bertz CT molecular complexity index is 858. The molecule has 3 aromatic carbocycles. The summed E-state index contributed by atoms with van der Waals surface area (Å²) in [7, 11) is 1.62. The second-order valence-electron chi connectivity index (χ2n) is 5.07. The summed E-state index contributed by atoms with van der Waals surface area (Å²) in [6.45, 7) is 5.08. The van der Waals surface area contributed by atoms with Crippen LogP contribution in [0.1, 0.15) is 13.8 Å². The molecule has 0 aliphatic heterocycles. The van der Waals surface area contributed by atoms with E-state index in [1.54, 1.807) is 7.11 Å². The molecule has 0 fully saturated rings. The number of fused-ring (bicyclic) bond motifs is 2. The van der Waals surface area contributed by atoms with Crippen LogP contribution < -0.4 is 14.2 Å². The van der Waals surface area contributed by atoms with Gasteiger partial charge in [0.2, 0.25) is 0 Å². The van der Waals surface area contributed by atoms with Gasteiger partial charge >= 0.3 is 0 Å². The zero-order valence-electron chi connectivity index (χ0n) is 13.5. The molecule has 0 saturated heterocycles. The number of rotatable bonds is 5. The first-order chi connectivity index (χ1) is 11.2. The molecule has 0 aliphatic rings. The lowest BCUT2D eigenvalue weighted by Gasteiger charge is -2.19. The number of halogens is 1. The molecule has 0 N–H and O–H groups in total. The van der Waals surface area contributed by atoms with Gasteiger partial charge in [-0.2, -0.15) is 0 Å². The number of ether oxygens (including phenoxy) is 3. The molecule has 23 heavy (non-hydrogen) atoms. The van der Waals surface area contributed by atoms with E-state index in [0.717, 1.165) is 33.0 Å². The van der Waals surface area contributed by atoms with Crippen LogP contribution in [0.4, 0.5) is 0 Å². The summed E-state index contributed by atoms with van der Waals surface area (Å²) in [5.41, 5.74) is 0. The molecule has 120 valence electrons. The maximum atomic E-state index is 6.33. The summed E-state index contributed by atoms with van der Waals surface area (Å²) in [6, 6.07) is 11.9. The summed E-state index contributed by atoms with van der Waals surface area (Å²) < 4.78 is 17.5. The van der Waals surface area contributed by atoms with Crippen molar-refractivity contribution in [2.45, 2.75) is 13.8 Å². The standard InChI is InChI=1S/C19H19ClO3/c1-4-22-17-12-8-6-7-9-13(12)18(23-5-2)16-14(17)10-11-15(20)19(16)21-3/h6-11H,4-5H2,1-3H3. The third-order valence-electron chi connectivity index (χ3n) is 3.78. The Labute approximate surface area is 140 Å². The van der Waals surface area contributed by atoms with Crippen LogP contribution in [-0.2, 0) is 0 Å². The second-order valence-corrected chi connectivity index (χ2v) is 5.48. The molecule has 0 heterocycles. The molecule has 0 bridgehead atoms. The van der Waals surface area contributed by atoms with E-state index >= 15 is 0 Å². The molecule has 0 aromatic heterocycles. The van der Waals surface area contributed by atoms with Crippen LogP contribution in [0.5, 0.6) is 17.2 Å². The van der Waals surface area contributed by atoms with Crippen molar-refractivity contribution >= 4 is 33.1 Å². The van der Waals surface area contributed by atoms with Gasteiger partial charge in [0.25, 0.3) is 0 Å². The lowest BCUT2D eigenvalue weighted by Crippen LogP contribution is -2.00. The fraction of sp³-hybridized carbons (Fsp3) is 0.263. The molecule has 3 rings (SSSR count). The van der Waals surface area contributed by atoms with Gasteiger partial charge in [0.05, 0.1) is 30.7 Å². The SMILES string of the molecule is CCOc1c2ccccc2c(OCC)c2c(OC)c(Cl)ccc12. The Hall–Kier alpha value is -2.13. The molecule has 4 heteroatoms. The molecule has 0 unspecified atom stereocenters. The smallest absolute Gasteiger partial charge is 0.149 e. The highest BCUT2D eigenvalue weighted by atomic mass is 35.5. The highest BCUT2D eigenvalue weighted by Crippen LogP contribution is 2.48. The Morgan fingerprint density at radius 3 is 2.00 bits per heavy atom. The van der Waals surface area contributed by atoms with Crippen molar-refractivity contribution in [1.29, 1.82) is 0 Å². The molecular formula is C19H19ClO3. The first-order valence-electron chi connectivity index (χ1n) is 7.69. The van der Waals surface area contributed by atoms with Gasteiger partial charge in [-0.1, -0.05) is 35.9 Å². The van der Waals surface area contributed by atoms with E-state index in [2.05, 4.69) is 0 Å². The molecule has 0 saturated carbocycles. The van der Waals surface area contributed by atoms with Crippen LogP contribution in [0, 0.1) is 0 Å². The van der Waals surface area contributed by atoms with Crippen molar-refractivity contribution in [2.24, 2.45) is 0 Å². The van der Waals surface area contributed by atoms with Crippen LogP contribution in [0.15, 0.2) is 36.4 Å². The first kappa shape index (κ1) is 15.8. The number of hydrogen-bond donors (Lipinski definition) is 0. The third-order valence-corrected chi connectivity index (χ3v) is 4.08. The highest BCUT2D eigenvalue weighted by Gasteiger charge is 2.20. The van der Waals surface area contributed by atoms with Gasteiger partial charge in [0, 0.05) is 16.2 Å². The topological polar surface area (TPSA) is 27.7 Å².